The molecule has 2 amide bonds. The lowest BCUT2D eigenvalue weighted by Gasteiger charge is -2.29. The van der Waals surface area contributed by atoms with Gasteiger partial charge in [0.1, 0.15) is 0 Å². The highest BCUT2D eigenvalue weighted by Crippen LogP contribution is 2.18. The third-order valence-electron chi connectivity index (χ3n) is 4.46. The van der Waals surface area contributed by atoms with E-state index in [1.165, 1.54) is 12.3 Å². The maximum atomic E-state index is 12.4. The number of rotatable bonds is 5. The number of aromatic amines is 1. The molecule has 3 rings (SSSR count). The highest BCUT2D eigenvalue weighted by Gasteiger charge is 2.21. The van der Waals surface area contributed by atoms with E-state index in [9.17, 15) is 9.59 Å². The molecule has 6 nitrogen and oxygen atoms in total. The quantitative estimate of drug-likeness (QED) is 0.902. The fourth-order valence-corrected chi connectivity index (χ4v) is 3.02. The first kappa shape index (κ1) is 16.5. The van der Waals surface area contributed by atoms with Gasteiger partial charge in [-0.3, -0.25) is 9.59 Å². The Balaban J connectivity index is 1.61. The number of aromatic nitrogens is 1. The SMILES string of the molecule is CC(=O)N(CCc1c[nH]c2ccccc12)CC(=O)N1CCOCC1. The summed E-state index contributed by atoms with van der Waals surface area (Å²) in [5.41, 5.74) is 2.25. The molecule has 1 N–H and O–H groups in total. The molecule has 0 radical (unpaired) electrons. The molecule has 1 aliphatic heterocycles. The first-order chi connectivity index (χ1) is 11.6. The summed E-state index contributed by atoms with van der Waals surface area (Å²) < 4.78 is 5.26. The topological polar surface area (TPSA) is 65.6 Å². The molecule has 2 heterocycles. The molecule has 1 aliphatic rings. The van der Waals surface area contributed by atoms with Crippen molar-refractivity contribution in [3.05, 3.63) is 36.0 Å². The summed E-state index contributed by atoms with van der Waals surface area (Å²) in [5.74, 6) is -0.0797. The Kier molecular flexibility index (Phi) is 5.15. The first-order valence-corrected chi connectivity index (χ1v) is 8.31. The number of amides is 2. The molecular weight excluding hydrogens is 306 g/mol. The smallest absolute Gasteiger partial charge is 0.242 e. The summed E-state index contributed by atoms with van der Waals surface area (Å²) in [7, 11) is 0. The predicted molar refractivity (Wildman–Crippen MR) is 91.7 cm³/mol. The van der Waals surface area contributed by atoms with Crippen molar-refractivity contribution in [1.29, 1.82) is 0 Å². The van der Waals surface area contributed by atoms with Gasteiger partial charge in [0.25, 0.3) is 0 Å². The second kappa shape index (κ2) is 7.49. The van der Waals surface area contributed by atoms with Crippen LogP contribution in [0.1, 0.15) is 12.5 Å². The monoisotopic (exact) mass is 329 g/mol. The number of ether oxygens (including phenoxy) is 1. The van der Waals surface area contributed by atoms with Gasteiger partial charge >= 0.3 is 0 Å². The average molecular weight is 329 g/mol. The van der Waals surface area contributed by atoms with E-state index in [0.29, 0.717) is 32.8 Å². The van der Waals surface area contributed by atoms with Gasteiger partial charge in [-0.15, -0.1) is 0 Å². The number of hydrogen-bond donors (Lipinski definition) is 1. The number of benzene rings is 1. The summed E-state index contributed by atoms with van der Waals surface area (Å²) in [6.45, 7) is 4.54. The predicted octanol–water partition coefficient (Wildman–Crippen LogP) is 1.42. The molecule has 1 aromatic carbocycles. The van der Waals surface area contributed by atoms with Crippen molar-refractivity contribution in [3.8, 4) is 0 Å². The molecule has 24 heavy (non-hydrogen) atoms. The molecule has 128 valence electrons. The molecule has 1 fully saturated rings. The lowest BCUT2D eigenvalue weighted by atomic mass is 10.1. The normalized spacial score (nSPS) is 14.8. The summed E-state index contributed by atoms with van der Waals surface area (Å²) in [5, 5.41) is 1.17. The van der Waals surface area contributed by atoms with Crippen LogP contribution in [0.5, 0.6) is 0 Å². The van der Waals surface area contributed by atoms with Crippen LogP contribution < -0.4 is 0 Å². The van der Waals surface area contributed by atoms with Gasteiger partial charge in [0, 0.05) is 43.7 Å². The molecule has 0 bridgehead atoms. The number of carbonyl (C=O) groups is 2. The number of carbonyl (C=O) groups excluding carboxylic acids is 2. The number of H-pyrrole nitrogens is 1. The van der Waals surface area contributed by atoms with E-state index < -0.39 is 0 Å². The molecule has 0 unspecified atom stereocenters. The zero-order chi connectivity index (χ0) is 16.9. The number of nitrogens with zero attached hydrogens (tertiary/aromatic N) is 2. The van der Waals surface area contributed by atoms with E-state index in [4.69, 9.17) is 4.74 Å². The van der Waals surface area contributed by atoms with Crippen LogP contribution in [0.25, 0.3) is 10.9 Å². The lowest BCUT2D eigenvalue weighted by Crippen LogP contribution is -2.47. The van der Waals surface area contributed by atoms with Crippen molar-refractivity contribution in [1.82, 2.24) is 14.8 Å². The van der Waals surface area contributed by atoms with Crippen LogP contribution >= 0.6 is 0 Å². The van der Waals surface area contributed by atoms with Crippen molar-refractivity contribution in [2.75, 3.05) is 39.4 Å². The van der Waals surface area contributed by atoms with Crippen molar-refractivity contribution in [2.24, 2.45) is 0 Å². The van der Waals surface area contributed by atoms with Crippen LogP contribution in [0.15, 0.2) is 30.5 Å². The molecule has 6 heteroatoms. The van der Waals surface area contributed by atoms with Crippen LogP contribution in [-0.4, -0.2) is 66.0 Å². The molecule has 0 spiro atoms. The van der Waals surface area contributed by atoms with Crippen molar-refractivity contribution >= 4 is 22.7 Å². The number of hydrogen-bond acceptors (Lipinski definition) is 3. The van der Waals surface area contributed by atoms with E-state index in [2.05, 4.69) is 11.1 Å². The lowest BCUT2D eigenvalue weighted by molar-refractivity contribution is -0.142. The van der Waals surface area contributed by atoms with Crippen molar-refractivity contribution < 1.29 is 14.3 Å². The van der Waals surface area contributed by atoms with E-state index in [0.717, 1.165) is 17.5 Å². The Labute approximate surface area is 141 Å². The highest BCUT2D eigenvalue weighted by atomic mass is 16.5. The Hall–Kier alpha value is -2.34. The average Bonchev–Trinajstić information content (AvgIpc) is 3.02. The van der Waals surface area contributed by atoms with Crippen LogP contribution in [0.4, 0.5) is 0 Å². The minimum Gasteiger partial charge on any atom is -0.378 e. The second-order valence-electron chi connectivity index (χ2n) is 6.04. The highest BCUT2D eigenvalue weighted by molar-refractivity contribution is 5.85. The van der Waals surface area contributed by atoms with Gasteiger partial charge in [0.15, 0.2) is 0 Å². The molecule has 2 aromatic rings. The van der Waals surface area contributed by atoms with Gasteiger partial charge in [-0.1, -0.05) is 18.2 Å². The van der Waals surface area contributed by atoms with Gasteiger partial charge in [-0.25, -0.2) is 0 Å². The Morgan fingerprint density at radius 2 is 2.00 bits per heavy atom. The molecule has 0 saturated carbocycles. The van der Waals surface area contributed by atoms with Crippen LogP contribution in [0.2, 0.25) is 0 Å². The van der Waals surface area contributed by atoms with Gasteiger partial charge < -0.3 is 19.5 Å². The van der Waals surface area contributed by atoms with E-state index in [-0.39, 0.29) is 18.4 Å². The summed E-state index contributed by atoms with van der Waals surface area (Å²) in [6, 6.07) is 8.09. The molecule has 1 aromatic heterocycles. The van der Waals surface area contributed by atoms with Crippen LogP contribution in [0.3, 0.4) is 0 Å². The number of morpholine rings is 1. The number of para-hydroxylation sites is 1. The van der Waals surface area contributed by atoms with Crippen molar-refractivity contribution in [3.63, 3.8) is 0 Å². The van der Waals surface area contributed by atoms with E-state index in [1.807, 2.05) is 24.4 Å². The van der Waals surface area contributed by atoms with Gasteiger partial charge in [-0.05, 0) is 18.1 Å². The fraction of sp³-hybridized carbons (Fsp3) is 0.444. The summed E-state index contributed by atoms with van der Waals surface area (Å²) in [4.78, 5) is 30.9. The standard InChI is InChI=1S/C18H23N3O3/c1-14(22)21(13-18(23)20-8-10-24-11-9-20)7-6-15-12-19-17-5-3-2-4-16(15)17/h2-5,12,19H,6-11,13H2,1H3. The van der Waals surface area contributed by atoms with Crippen LogP contribution in [-0.2, 0) is 20.7 Å². The summed E-state index contributed by atoms with van der Waals surface area (Å²) in [6.07, 6.45) is 2.70. The molecule has 1 saturated heterocycles. The maximum absolute atomic E-state index is 12.4. The Morgan fingerprint density at radius 1 is 1.25 bits per heavy atom. The van der Waals surface area contributed by atoms with Crippen LogP contribution in [0, 0.1) is 0 Å². The third kappa shape index (κ3) is 3.76. The van der Waals surface area contributed by atoms with Gasteiger partial charge in [0.05, 0.1) is 19.8 Å². The molecular formula is C18H23N3O3. The third-order valence-corrected chi connectivity index (χ3v) is 4.46. The second-order valence-corrected chi connectivity index (χ2v) is 6.04. The van der Waals surface area contributed by atoms with E-state index in [1.54, 1.807) is 9.80 Å². The van der Waals surface area contributed by atoms with Crippen molar-refractivity contribution in [2.45, 2.75) is 13.3 Å². The minimum atomic E-state index is -0.0727. The Bertz CT molecular complexity index is 719. The zero-order valence-corrected chi connectivity index (χ0v) is 14.0. The maximum Gasteiger partial charge on any atom is 0.242 e. The largest absolute Gasteiger partial charge is 0.378 e. The van der Waals surface area contributed by atoms with Gasteiger partial charge in [-0.2, -0.15) is 0 Å². The minimum absolute atomic E-state index is 0.00701. The van der Waals surface area contributed by atoms with Gasteiger partial charge in [0.2, 0.25) is 11.8 Å². The fourth-order valence-electron chi connectivity index (χ4n) is 3.02. The number of fused-ring (bicyclic) bond motifs is 1. The summed E-state index contributed by atoms with van der Waals surface area (Å²) >= 11 is 0. The molecule has 0 aliphatic carbocycles. The number of nitrogens with one attached hydrogen (secondary N) is 1. The van der Waals surface area contributed by atoms with E-state index >= 15 is 0 Å². The zero-order valence-electron chi connectivity index (χ0n) is 14.0. The Morgan fingerprint density at radius 3 is 2.75 bits per heavy atom. The molecule has 0 atom stereocenters. The first-order valence-electron chi connectivity index (χ1n) is 8.31.